The van der Waals surface area contributed by atoms with Crippen LogP contribution in [0.4, 0.5) is 0 Å². The molecule has 2 aromatic carbocycles. The molecule has 38 heavy (non-hydrogen) atoms. The smallest absolute Gasteiger partial charge is 0.338 e. The van der Waals surface area contributed by atoms with Gasteiger partial charge in [0.2, 0.25) is 10.0 Å². The predicted octanol–water partition coefficient (Wildman–Crippen LogP) is 6.51. The quantitative estimate of drug-likeness (QED) is 0.180. The van der Waals surface area contributed by atoms with Gasteiger partial charge in [0.25, 0.3) is 0 Å². The lowest BCUT2D eigenvalue weighted by atomic mass is 10.0. The van der Waals surface area contributed by atoms with Gasteiger partial charge in [0.05, 0.1) is 16.6 Å². The van der Waals surface area contributed by atoms with E-state index in [0.29, 0.717) is 24.9 Å². The number of benzene rings is 2. The maximum atomic E-state index is 13.5. The van der Waals surface area contributed by atoms with Crippen molar-refractivity contribution < 1.29 is 22.4 Å². The van der Waals surface area contributed by atoms with Crippen molar-refractivity contribution in [3.8, 4) is 0 Å². The van der Waals surface area contributed by atoms with Crippen LogP contribution in [0.3, 0.4) is 0 Å². The molecule has 0 unspecified atom stereocenters. The van der Waals surface area contributed by atoms with E-state index in [-0.39, 0.29) is 22.1 Å². The van der Waals surface area contributed by atoms with Gasteiger partial charge in [0.1, 0.15) is 6.10 Å². The molecule has 0 spiro atoms. The lowest BCUT2D eigenvalue weighted by Crippen LogP contribution is -2.47. The van der Waals surface area contributed by atoms with E-state index >= 15 is 0 Å². The summed E-state index contributed by atoms with van der Waals surface area (Å²) in [6.07, 6.45) is 5.36. The molecule has 2 aromatic rings. The molecule has 206 valence electrons. The monoisotopic (exact) mass is 555 g/mol. The first kappa shape index (κ1) is 30.0. The van der Waals surface area contributed by atoms with Crippen LogP contribution in [0.5, 0.6) is 0 Å². The van der Waals surface area contributed by atoms with Crippen molar-refractivity contribution in [3.63, 3.8) is 0 Å². The first-order chi connectivity index (χ1) is 17.7. The number of hydrogen-bond acceptors (Lipinski definition) is 5. The molecule has 6 nitrogen and oxygen atoms in total. The third-order valence-electron chi connectivity index (χ3n) is 7.44. The summed E-state index contributed by atoms with van der Waals surface area (Å²) < 4.78 is 41.2. The van der Waals surface area contributed by atoms with Gasteiger partial charge in [-0.2, -0.15) is 4.31 Å². The molecule has 0 radical (unpaired) electrons. The summed E-state index contributed by atoms with van der Waals surface area (Å²) in [4.78, 5) is 13.0. The minimum atomic E-state index is -3.69. The van der Waals surface area contributed by atoms with Crippen molar-refractivity contribution in [3.05, 3.63) is 90.5 Å². The summed E-state index contributed by atoms with van der Waals surface area (Å²) >= 11 is 0. The Kier molecular flexibility index (Phi) is 9.57. The molecule has 0 aliphatic carbocycles. The van der Waals surface area contributed by atoms with Gasteiger partial charge < -0.3 is 9.16 Å². The highest BCUT2D eigenvalue weighted by atomic mass is 32.2. The van der Waals surface area contributed by atoms with Gasteiger partial charge in [-0.15, -0.1) is 0 Å². The number of carbonyl (C=O) groups is 1. The van der Waals surface area contributed by atoms with Gasteiger partial charge in [0.15, 0.2) is 8.32 Å². The van der Waals surface area contributed by atoms with E-state index in [2.05, 4.69) is 40.4 Å². The Morgan fingerprint density at radius 1 is 1.13 bits per heavy atom. The zero-order valence-electron chi connectivity index (χ0n) is 23.4. The summed E-state index contributed by atoms with van der Waals surface area (Å²) in [7, 11) is -5.92. The second-order valence-electron chi connectivity index (χ2n) is 11.4. The molecule has 1 aliphatic rings. The normalized spacial score (nSPS) is 18.2. The van der Waals surface area contributed by atoms with Crippen molar-refractivity contribution >= 4 is 24.3 Å². The topological polar surface area (TPSA) is 72.9 Å². The molecule has 0 aromatic heterocycles. The van der Waals surface area contributed by atoms with Gasteiger partial charge >= 0.3 is 5.97 Å². The Bertz CT molecular complexity index is 1230. The predicted molar refractivity (Wildman–Crippen MR) is 155 cm³/mol. The molecule has 0 N–H and O–H groups in total. The van der Waals surface area contributed by atoms with Crippen molar-refractivity contribution in [1.82, 2.24) is 4.31 Å². The molecule has 0 amide bonds. The van der Waals surface area contributed by atoms with Crippen molar-refractivity contribution in [2.45, 2.75) is 81.8 Å². The largest absolute Gasteiger partial charge is 0.454 e. The van der Waals surface area contributed by atoms with Crippen LogP contribution in [-0.4, -0.2) is 51.8 Å². The van der Waals surface area contributed by atoms with Gasteiger partial charge in [0, 0.05) is 19.0 Å². The fraction of sp³-hybridized carbons (Fsp3) is 0.433. The highest BCUT2D eigenvalue weighted by Crippen LogP contribution is 2.39. The number of carbonyl (C=O) groups excluding carboxylic acids is 1. The number of nitrogens with zero attached hydrogens (tertiary/aromatic N) is 1. The Balaban J connectivity index is 1.84. The fourth-order valence-electron chi connectivity index (χ4n) is 4.16. The first-order valence-corrected chi connectivity index (χ1v) is 17.4. The Morgan fingerprint density at radius 3 is 2.34 bits per heavy atom. The number of ether oxygens (including phenoxy) is 1. The molecular formula is C30H41NO5SSi. The molecule has 0 saturated carbocycles. The average molecular weight is 556 g/mol. The lowest BCUT2D eigenvalue weighted by molar-refractivity contribution is 0.0266. The van der Waals surface area contributed by atoms with Crippen molar-refractivity contribution in [2.75, 3.05) is 6.54 Å². The van der Waals surface area contributed by atoms with Crippen LogP contribution >= 0.6 is 0 Å². The Morgan fingerprint density at radius 2 is 1.76 bits per heavy atom. The summed E-state index contributed by atoms with van der Waals surface area (Å²) in [5.74, 6) is -0.425. The van der Waals surface area contributed by atoms with Gasteiger partial charge in [-0.3, -0.25) is 0 Å². The minimum absolute atomic E-state index is 0.0468. The molecular weight excluding hydrogens is 514 g/mol. The zero-order valence-corrected chi connectivity index (χ0v) is 25.2. The molecule has 3 atom stereocenters. The fourth-order valence-corrected chi connectivity index (χ4v) is 7.08. The van der Waals surface area contributed by atoms with E-state index in [1.54, 1.807) is 42.5 Å². The summed E-state index contributed by atoms with van der Waals surface area (Å²) in [5, 5.41) is -0.0468. The van der Waals surface area contributed by atoms with Crippen LogP contribution in [0, 0.1) is 6.92 Å². The Hall–Kier alpha value is -2.52. The summed E-state index contributed by atoms with van der Waals surface area (Å²) in [5.41, 5.74) is 1.47. The summed E-state index contributed by atoms with van der Waals surface area (Å²) in [6.45, 7) is 17.0. The number of hydrogen-bond donors (Lipinski definition) is 0. The minimum Gasteiger partial charge on any atom is -0.454 e. The van der Waals surface area contributed by atoms with Crippen LogP contribution in [0.25, 0.3) is 0 Å². The lowest BCUT2D eigenvalue weighted by Gasteiger charge is -2.41. The van der Waals surface area contributed by atoms with Gasteiger partial charge in [-0.1, -0.05) is 81.5 Å². The standard InChI is InChI=1S/C30H41NO5SSi/c1-8-26(35-29(32)24-13-10-9-11-14-24)22-27(36-38(6,7)30(3,4)5)21-25-15-12-20-31(25)37(33,34)28-18-16-23(2)17-19-28/h8-19,25-27H,1,20-22H2,2-7H3/t25-,26-,27+/m1/s1. The van der Waals surface area contributed by atoms with E-state index in [1.165, 1.54) is 4.31 Å². The molecule has 8 heteroatoms. The molecule has 1 heterocycles. The zero-order chi connectivity index (χ0) is 28.1. The van der Waals surface area contributed by atoms with Crippen LogP contribution < -0.4 is 0 Å². The van der Waals surface area contributed by atoms with Crippen LogP contribution in [0.1, 0.15) is 49.5 Å². The molecule has 0 fully saturated rings. The second kappa shape index (κ2) is 12.1. The van der Waals surface area contributed by atoms with Crippen molar-refractivity contribution in [2.24, 2.45) is 0 Å². The van der Waals surface area contributed by atoms with Gasteiger partial charge in [-0.25, -0.2) is 13.2 Å². The number of sulfonamides is 1. The first-order valence-electron chi connectivity index (χ1n) is 13.1. The third-order valence-corrected chi connectivity index (χ3v) is 13.9. The molecule has 0 saturated heterocycles. The Labute approximate surface area is 229 Å². The second-order valence-corrected chi connectivity index (χ2v) is 18.0. The van der Waals surface area contributed by atoms with E-state index in [4.69, 9.17) is 9.16 Å². The average Bonchev–Trinajstić information content (AvgIpc) is 3.32. The number of aryl methyl sites for hydroxylation is 1. The van der Waals surface area contributed by atoms with E-state index in [9.17, 15) is 13.2 Å². The summed E-state index contributed by atoms with van der Waals surface area (Å²) in [6, 6.07) is 15.4. The maximum Gasteiger partial charge on any atom is 0.338 e. The maximum absolute atomic E-state index is 13.5. The third kappa shape index (κ3) is 7.31. The SMILES string of the molecule is C=C[C@H](C[C@H](C[C@H]1C=CCN1S(=O)(=O)c1ccc(C)cc1)O[Si](C)(C)C(C)(C)C)OC(=O)c1ccccc1. The van der Waals surface area contributed by atoms with Crippen LogP contribution in [0.2, 0.25) is 18.1 Å². The highest BCUT2D eigenvalue weighted by molar-refractivity contribution is 7.89. The molecule has 3 rings (SSSR count). The molecule has 1 aliphatic heterocycles. The highest BCUT2D eigenvalue weighted by Gasteiger charge is 2.41. The molecule has 0 bridgehead atoms. The van der Waals surface area contributed by atoms with Gasteiger partial charge in [-0.05, 0) is 55.7 Å². The van der Waals surface area contributed by atoms with E-state index in [0.717, 1.165) is 5.56 Å². The van der Waals surface area contributed by atoms with Crippen LogP contribution in [-0.2, 0) is 19.2 Å². The number of esters is 1. The number of rotatable bonds is 11. The van der Waals surface area contributed by atoms with E-state index < -0.39 is 30.4 Å². The van der Waals surface area contributed by atoms with Crippen molar-refractivity contribution in [1.29, 1.82) is 0 Å². The van der Waals surface area contributed by atoms with Crippen LogP contribution in [0.15, 0.2) is 84.3 Å². The van der Waals surface area contributed by atoms with E-state index in [1.807, 2.05) is 37.3 Å².